The molecule has 0 aliphatic heterocycles. The average molecular weight is 288 g/mol. The fourth-order valence-corrected chi connectivity index (χ4v) is 2.31. The third kappa shape index (κ3) is 4.55. The third-order valence-electron chi connectivity index (χ3n) is 3.60. The molecule has 2 aromatic carbocycles. The smallest absolute Gasteiger partial charge is 0.126 e. The van der Waals surface area contributed by atoms with E-state index < -0.39 is 0 Å². The fraction of sp³-hybridized carbons (Fsp3) is 0.294. The van der Waals surface area contributed by atoms with E-state index in [4.69, 9.17) is 10.6 Å². The van der Waals surface area contributed by atoms with Gasteiger partial charge in [-0.25, -0.2) is 4.39 Å². The van der Waals surface area contributed by atoms with Gasteiger partial charge in [-0.3, -0.25) is 11.3 Å². The van der Waals surface area contributed by atoms with Crippen LogP contribution in [0.4, 0.5) is 4.39 Å². The summed E-state index contributed by atoms with van der Waals surface area (Å²) < 4.78 is 18.8. The Balaban J connectivity index is 1.91. The zero-order valence-electron chi connectivity index (χ0n) is 12.2. The zero-order valence-corrected chi connectivity index (χ0v) is 12.2. The first-order chi connectivity index (χ1) is 10.2. The summed E-state index contributed by atoms with van der Waals surface area (Å²) in [5, 5.41) is 0. The molecule has 0 saturated carbocycles. The topological polar surface area (TPSA) is 47.3 Å². The van der Waals surface area contributed by atoms with Crippen LogP contribution in [-0.4, -0.2) is 13.2 Å². The Bertz CT molecular complexity index is 557. The summed E-state index contributed by atoms with van der Waals surface area (Å²) in [7, 11) is 1.65. The van der Waals surface area contributed by atoms with Crippen LogP contribution < -0.4 is 16.0 Å². The maximum Gasteiger partial charge on any atom is 0.126 e. The van der Waals surface area contributed by atoms with Gasteiger partial charge in [-0.15, -0.1) is 0 Å². The molecule has 0 aromatic heterocycles. The highest BCUT2D eigenvalue weighted by molar-refractivity contribution is 5.27. The van der Waals surface area contributed by atoms with Gasteiger partial charge in [0.2, 0.25) is 0 Å². The second kappa shape index (κ2) is 7.76. The molecule has 4 heteroatoms. The highest BCUT2D eigenvalue weighted by Gasteiger charge is 2.11. The second-order valence-corrected chi connectivity index (χ2v) is 5.05. The van der Waals surface area contributed by atoms with E-state index in [1.807, 2.05) is 30.3 Å². The van der Waals surface area contributed by atoms with Crippen molar-refractivity contribution in [1.29, 1.82) is 0 Å². The molecule has 0 aliphatic rings. The molecular formula is C17H21FN2O. The lowest BCUT2D eigenvalue weighted by Crippen LogP contribution is -2.37. The Morgan fingerprint density at radius 2 is 1.86 bits per heavy atom. The van der Waals surface area contributed by atoms with Crippen molar-refractivity contribution in [2.45, 2.75) is 25.3 Å². The van der Waals surface area contributed by atoms with Crippen LogP contribution in [0.15, 0.2) is 48.5 Å². The minimum atomic E-state index is -0.179. The van der Waals surface area contributed by atoms with Crippen molar-refractivity contribution in [3.05, 3.63) is 65.5 Å². The molecule has 0 aliphatic carbocycles. The Hall–Kier alpha value is -1.91. The van der Waals surface area contributed by atoms with Crippen LogP contribution in [0.3, 0.4) is 0 Å². The molecule has 3 nitrogen and oxygen atoms in total. The van der Waals surface area contributed by atoms with Crippen LogP contribution in [0.5, 0.6) is 5.75 Å². The number of benzene rings is 2. The number of nitrogens with two attached hydrogens (primary N) is 1. The molecule has 0 spiro atoms. The van der Waals surface area contributed by atoms with Crippen molar-refractivity contribution < 1.29 is 9.13 Å². The van der Waals surface area contributed by atoms with Gasteiger partial charge in [-0.05, 0) is 48.6 Å². The van der Waals surface area contributed by atoms with Gasteiger partial charge in [-0.1, -0.05) is 30.3 Å². The van der Waals surface area contributed by atoms with E-state index in [9.17, 15) is 4.39 Å². The Labute approximate surface area is 124 Å². The first-order valence-corrected chi connectivity index (χ1v) is 7.05. The molecular weight excluding hydrogens is 267 g/mol. The predicted octanol–water partition coefficient (Wildman–Crippen LogP) is 2.84. The monoisotopic (exact) mass is 288 g/mol. The SMILES string of the molecule is COc1ccc(CCC(Cc2ccccc2F)NN)cc1. The molecule has 21 heavy (non-hydrogen) atoms. The number of nitrogens with one attached hydrogen (secondary N) is 1. The van der Waals surface area contributed by atoms with E-state index in [0.29, 0.717) is 12.0 Å². The van der Waals surface area contributed by atoms with E-state index in [1.165, 1.54) is 11.6 Å². The quantitative estimate of drug-likeness (QED) is 0.608. The Morgan fingerprint density at radius 3 is 2.48 bits per heavy atom. The van der Waals surface area contributed by atoms with Crippen molar-refractivity contribution in [2.75, 3.05) is 7.11 Å². The molecule has 1 unspecified atom stereocenters. The van der Waals surface area contributed by atoms with E-state index in [1.54, 1.807) is 19.2 Å². The van der Waals surface area contributed by atoms with Crippen molar-refractivity contribution in [1.82, 2.24) is 5.43 Å². The predicted molar refractivity (Wildman–Crippen MR) is 82.5 cm³/mol. The molecule has 1 atom stereocenters. The lowest BCUT2D eigenvalue weighted by Gasteiger charge is -2.16. The van der Waals surface area contributed by atoms with Gasteiger partial charge in [0.05, 0.1) is 7.11 Å². The first kappa shape index (κ1) is 15.5. The third-order valence-corrected chi connectivity index (χ3v) is 3.60. The van der Waals surface area contributed by atoms with Crippen molar-refractivity contribution in [2.24, 2.45) is 5.84 Å². The number of methoxy groups -OCH3 is 1. The molecule has 0 bridgehead atoms. The minimum Gasteiger partial charge on any atom is -0.497 e. The fourth-order valence-electron chi connectivity index (χ4n) is 2.31. The van der Waals surface area contributed by atoms with Gasteiger partial charge in [-0.2, -0.15) is 0 Å². The van der Waals surface area contributed by atoms with Crippen LogP contribution >= 0.6 is 0 Å². The Morgan fingerprint density at radius 1 is 1.14 bits per heavy atom. The number of halogens is 1. The largest absolute Gasteiger partial charge is 0.497 e. The van der Waals surface area contributed by atoms with Crippen molar-refractivity contribution >= 4 is 0 Å². The molecule has 2 rings (SSSR count). The van der Waals surface area contributed by atoms with E-state index in [2.05, 4.69) is 5.43 Å². The van der Waals surface area contributed by atoms with Gasteiger partial charge in [0.15, 0.2) is 0 Å². The summed E-state index contributed by atoms with van der Waals surface area (Å²) >= 11 is 0. The van der Waals surface area contributed by atoms with Crippen LogP contribution in [-0.2, 0) is 12.8 Å². The Kier molecular flexibility index (Phi) is 5.72. The number of rotatable bonds is 7. The maximum atomic E-state index is 13.7. The van der Waals surface area contributed by atoms with Crippen molar-refractivity contribution in [3.8, 4) is 5.75 Å². The van der Waals surface area contributed by atoms with E-state index in [-0.39, 0.29) is 11.9 Å². The number of ether oxygens (including phenoxy) is 1. The normalized spacial score (nSPS) is 12.1. The molecule has 2 aromatic rings. The summed E-state index contributed by atoms with van der Waals surface area (Å²) in [4.78, 5) is 0. The van der Waals surface area contributed by atoms with Gasteiger partial charge in [0.25, 0.3) is 0 Å². The first-order valence-electron chi connectivity index (χ1n) is 7.05. The van der Waals surface area contributed by atoms with Crippen LogP contribution in [0.1, 0.15) is 17.5 Å². The van der Waals surface area contributed by atoms with Crippen LogP contribution in [0, 0.1) is 5.82 Å². The number of aryl methyl sites for hydroxylation is 1. The second-order valence-electron chi connectivity index (χ2n) is 5.05. The molecule has 0 radical (unpaired) electrons. The molecule has 0 amide bonds. The summed E-state index contributed by atoms with van der Waals surface area (Å²) in [6.45, 7) is 0. The minimum absolute atomic E-state index is 0.0454. The number of hydrogen-bond acceptors (Lipinski definition) is 3. The number of hydrazine groups is 1. The van der Waals surface area contributed by atoms with Gasteiger partial charge < -0.3 is 4.74 Å². The van der Waals surface area contributed by atoms with Crippen molar-refractivity contribution in [3.63, 3.8) is 0 Å². The lowest BCUT2D eigenvalue weighted by molar-refractivity contribution is 0.414. The molecule has 3 N–H and O–H groups in total. The van der Waals surface area contributed by atoms with Crippen LogP contribution in [0.2, 0.25) is 0 Å². The maximum absolute atomic E-state index is 13.7. The number of hydrogen-bond donors (Lipinski definition) is 2. The molecule has 0 heterocycles. The summed E-state index contributed by atoms with van der Waals surface area (Å²) in [6, 6.07) is 14.8. The standard InChI is InChI=1S/C17H21FN2O/c1-21-16-10-7-13(8-11-16)6-9-15(20-19)12-14-4-2-3-5-17(14)18/h2-5,7-8,10-11,15,20H,6,9,12,19H2,1H3. The average Bonchev–Trinajstić information content (AvgIpc) is 2.53. The molecule has 112 valence electrons. The lowest BCUT2D eigenvalue weighted by atomic mass is 9.99. The highest BCUT2D eigenvalue weighted by Crippen LogP contribution is 2.15. The summed E-state index contributed by atoms with van der Waals surface area (Å²) in [6.07, 6.45) is 2.31. The van der Waals surface area contributed by atoms with Gasteiger partial charge >= 0.3 is 0 Å². The van der Waals surface area contributed by atoms with E-state index >= 15 is 0 Å². The van der Waals surface area contributed by atoms with Crippen LogP contribution in [0.25, 0.3) is 0 Å². The van der Waals surface area contributed by atoms with Gasteiger partial charge in [0.1, 0.15) is 11.6 Å². The van der Waals surface area contributed by atoms with E-state index in [0.717, 1.165) is 18.6 Å². The summed E-state index contributed by atoms with van der Waals surface area (Å²) in [5.41, 5.74) is 4.68. The van der Waals surface area contributed by atoms with Gasteiger partial charge in [0, 0.05) is 6.04 Å². The summed E-state index contributed by atoms with van der Waals surface area (Å²) in [5.74, 6) is 6.26. The molecule has 0 fully saturated rings. The highest BCUT2D eigenvalue weighted by atomic mass is 19.1. The molecule has 0 saturated heterocycles. The zero-order chi connectivity index (χ0) is 15.1.